The molecule has 0 fully saturated rings. The number of ether oxygens (including phenoxy) is 1. The van der Waals surface area contributed by atoms with Crippen LogP contribution in [0.1, 0.15) is 27.7 Å². The lowest BCUT2D eigenvalue weighted by atomic mass is 9.92. The summed E-state index contributed by atoms with van der Waals surface area (Å²) in [6.07, 6.45) is 0. The van der Waals surface area contributed by atoms with Gasteiger partial charge in [-0.3, -0.25) is 4.79 Å². The third-order valence-corrected chi connectivity index (χ3v) is 5.24. The molecular formula is C16H15Cl2NO4S. The molecular weight excluding hydrogens is 373 g/mol. The Morgan fingerprint density at radius 1 is 1.29 bits per heavy atom. The standard InChI is InChI=1S/C16H15Cl2NO4S/c1-16(15(21)22,10-3-4-11(17)12(18)7-10)19-14(20)13-9(8-23-2)5-6-24-13/h3-7H,8H2,1-2H3,(H,19,20)(H,21,22). The highest BCUT2D eigenvalue weighted by atomic mass is 35.5. The number of methoxy groups -OCH3 is 1. The van der Waals surface area contributed by atoms with Gasteiger partial charge in [0.2, 0.25) is 0 Å². The van der Waals surface area contributed by atoms with Gasteiger partial charge >= 0.3 is 5.97 Å². The summed E-state index contributed by atoms with van der Waals surface area (Å²) in [6, 6.07) is 6.21. The molecule has 0 aliphatic heterocycles. The van der Waals surface area contributed by atoms with Gasteiger partial charge in [-0.2, -0.15) is 0 Å². The Morgan fingerprint density at radius 3 is 2.58 bits per heavy atom. The minimum absolute atomic E-state index is 0.215. The predicted molar refractivity (Wildman–Crippen MR) is 93.9 cm³/mol. The minimum atomic E-state index is -1.65. The first-order valence-corrected chi connectivity index (χ1v) is 8.50. The number of nitrogens with one attached hydrogen (secondary N) is 1. The molecule has 1 aromatic heterocycles. The molecule has 2 aromatic rings. The summed E-state index contributed by atoms with van der Waals surface area (Å²) in [6.45, 7) is 1.67. The highest BCUT2D eigenvalue weighted by Gasteiger charge is 2.38. The summed E-state index contributed by atoms with van der Waals surface area (Å²) in [4.78, 5) is 24.8. The maximum absolute atomic E-state index is 12.6. The van der Waals surface area contributed by atoms with Crippen LogP contribution in [0.25, 0.3) is 0 Å². The molecule has 1 atom stereocenters. The number of halogens is 2. The van der Waals surface area contributed by atoms with Crippen LogP contribution in [-0.2, 0) is 21.7 Å². The molecule has 2 rings (SSSR count). The molecule has 0 spiro atoms. The monoisotopic (exact) mass is 387 g/mol. The molecule has 128 valence electrons. The zero-order valence-corrected chi connectivity index (χ0v) is 15.3. The fraction of sp³-hybridized carbons (Fsp3) is 0.250. The molecule has 0 saturated heterocycles. The molecule has 0 bridgehead atoms. The first-order valence-electron chi connectivity index (χ1n) is 6.86. The molecule has 1 heterocycles. The quantitative estimate of drug-likeness (QED) is 0.786. The van der Waals surface area contributed by atoms with E-state index in [-0.39, 0.29) is 11.6 Å². The Hall–Kier alpha value is -1.60. The Labute approximate surface area is 153 Å². The van der Waals surface area contributed by atoms with Crippen LogP contribution in [0.4, 0.5) is 0 Å². The third kappa shape index (κ3) is 3.72. The number of carboxylic acid groups (broad SMARTS) is 1. The molecule has 0 aliphatic rings. The molecule has 1 unspecified atom stereocenters. The van der Waals surface area contributed by atoms with Crippen LogP contribution in [0.5, 0.6) is 0 Å². The number of carbonyl (C=O) groups is 2. The molecule has 24 heavy (non-hydrogen) atoms. The van der Waals surface area contributed by atoms with E-state index in [0.29, 0.717) is 21.0 Å². The van der Waals surface area contributed by atoms with Crippen molar-refractivity contribution in [3.63, 3.8) is 0 Å². The SMILES string of the molecule is COCc1ccsc1C(=O)NC(C)(C(=O)O)c1ccc(Cl)c(Cl)c1. The number of hydrogen-bond donors (Lipinski definition) is 2. The average molecular weight is 388 g/mol. The van der Waals surface area contributed by atoms with E-state index in [1.54, 1.807) is 11.4 Å². The van der Waals surface area contributed by atoms with Gasteiger partial charge in [0, 0.05) is 12.7 Å². The second-order valence-electron chi connectivity index (χ2n) is 5.22. The van der Waals surface area contributed by atoms with E-state index in [1.165, 1.54) is 43.6 Å². The van der Waals surface area contributed by atoms with E-state index >= 15 is 0 Å². The summed E-state index contributed by atoms with van der Waals surface area (Å²) < 4.78 is 5.05. The van der Waals surface area contributed by atoms with Gasteiger partial charge in [0.1, 0.15) is 0 Å². The van der Waals surface area contributed by atoms with Crippen molar-refractivity contribution in [2.75, 3.05) is 7.11 Å². The second-order valence-corrected chi connectivity index (χ2v) is 6.95. The zero-order valence-electron chi connectivity index (χ0n) is 12.9. The number of amides is 1. The van der Waals surface area contributed by atoms with Gasteiger partial charge in [0.25, 0.3) is 5.91 Å². The van der Waals surface area contributed by atoms with Crippen molar-refractivity contribution >= 4 is 46.4 Å². The van der Waals surface area contributed by atoms with Crippen molar-refractivity contribution in [3.05, 3.63) is 55.7 Å². The second kappa shape index (κ2) is 7.53. The number of thiophene rings is 1. The van der Waals surface area contributed by atoms with Crippen molar-refractivity contribution in [2.45, 2.75) is 19.1 Å². The Balaban J connectivity index is 2.37. The van der Waals surface area contributed by atoms with Gasteiger partial charge in [0.15, 0.2) is 5.54 Å². The number of carboxylic acids is 1. The topological polar surface area (TPSA) is 75.6 Å². The third-order valence-electron chi connectivity index (χ3n) is 3.54. The van der Waals surface area contributed by atoms with Gasteiger partial charge < -0.3 is 15.2 Å². The Kier molecular flexibility index (Phi) is 5.87. The van der Waals surface area contributed by atoms with Crippen LogP contribution in [0.15, 0.2) is 29.6 Å². The normalized spacial score (nSPS) is 13.3. The van der Waals surface area contributed by atoms with E-state index in [2.05, 4.69) is 5.32 Å². The smallest absolute Gasteiger partial charge is 0.333 e. The maximum Gasteiger partial charge on any atom is 0.333 e. The van der Waals surface area contributed by atoms with Crippen LogP contribution in [-0.4, -0.2) is 24.1 Å². The van der Waals surface area contributed by atoms with Crippen molar-refractivity contribution < 1.29 is 19.4 Å². The van der Waals surface area contributed by atoms with Crippen LogP contribution >= 0.6 is 34.5 Å². The fourth-order valence-corrected chi connectivity index (χ4v) is 3.25. The highest BCUT2D eigenvalue weighted by Crippen LogP contribution is 2.30. The van der Waals surface area contributed by atoms with Gasteiger partial charge in [-0.25, -0.2) is 4.79 Å². The van der Waals surface area contributed by atoms with Crippen molar-refractivity contribution in [2.24, 2.45) is 0 Å². The van der Waals surface area contributed by atoms with Crippen molar-refractivity contribution in [3.8, 4) is 0 Å². The molecule has 0 saturated carbocycles. The zero-order chi connectivity index (χ0) is 17.9. The van der Waals surface area contributed by atoms with Gasteiger partial charge in [0.05, 0.1) is 21.5 Å². The van der Waals surface area contributed by atoms with E-state index in [4.69, 9.17) is 27.9 Å². The van der Waals surface area contributed by atoms with E-state index in [0.717, 1.165) is 0 Å². The first-order chi connectivity index (χ1) is 11.3. The summed E-state index contributed by atoms with van der Waals surface area (Å²) in [5, 5.41) is 14.5. The molecule has 1 aromatic carbocycles. The molecule has 0 radical (unpaired) electrons. The average Bonchev–Trinajstić information content (AvgIpc) is 2.98. The van der Waals surface area contributed by atoms with E-state index in [1.807, 2.05) is 0 Å². The van der Waals surface area contributed by atoms with Gasteiger partial charge in [-0.1, -0.05) is 29.3 Å². The molecule has 5 nitrogen and oxygen atoms in total. The summed E-state index contributed by atoms with van der Waals surface area (Å²) in [5.74, 6) is -1.70. The van der Waals surface area contributed by atoms with E-state index in [9.17, 15) is 14.7 Å². The lowest BCUT2D eigenvalue weighted by molar-refractivity contribution is -0.144. The Morgan fingerprint density at radius 2 is 2.00 bits per heavy atom. The van der Waals surface area contributed by atoms with Crippen LogP contribution in [0.3, 0.4) is 0 Å². The molecule has 1 amide bonds. The Bertz CT molecular complexity index is 777. The molecule has 8 heteroatoms. The lowest BCUT2D eigenvalue weighted by Gasteiger charge is -2.27. The largest absolute Gasteiger partial charge is 0.479 e. The van der Waals surface area contributed by atoms with E-state index < -0.39 is 17.4 Å². The van der Waals surface area contributed by atoms with Crippen molar-refractivity contribution in [1.82, 2.24) is 5.32 Å². The minimum Gasteiger partial charge on any atom is -0.479 e. The predicted octanol–water partition coefficient (Wildman–Crippen LogP) is 3.93. The van der Waals surface area contributed by atoms with Crippen LogP contribution in [0.2, 0.25) is 10.0 Å². The van der Waals surface area contributed by atoms with Crippen LogP contribution in [0, 0.1) is 0 Å². The first kappa shape index (κ1) is 18.7. The molecule has 2 N–H and O–H groups in total. The summed E-state index contributed by atoms with van der Waals surface area (Å²) in [7, 11) is 1.52. The van der Waals surface area contributed by atoms with Crippen LogP contribution < -0.4 is 5.32 Å². The van der Waals surface area contributed by atoms with Crippen molar-refractivity contribution in [1.29, 1.82) is 0 Å². The summed E-state index contributed by atoms with van der Waals surface area (Å²) in [5.41, 5.74) is -0.635. The molecule has 0 aliphatic carbocycles. The number of rotatable bonds is 6. The highest BCUT2D eigenvalue weighted by molar-refractivity contribution is 7.12. The number of carbonyl (C=O) groups excluding carboxylic acids is 1. The number of benzene rings is 1. The lowest BCUT2D eigenvalue weighted by Crippen LogP contribution is -2.49. The van der Waals surface area contributed by atoms with Gasteiger partial charge in [-0.05, 0) is 36.1 Å². The fourth-order valence-electron chi connectivity index (χ4n) is 2.14. The number of aliphatic carboxylic acids is 1. The van der Waals surface area contributed by atoms with Gasteiger partial charge in [-0.15, -0.1) is 11.3 Å². The maximum atomic E-state index is 12.6. The summed E-state index contributed by atoms with van der Waals surface area (Å²) >= 11 is 13.1. The number of hydrogen-bond acceptors (Lipinski definition) is 4.